The molecule has 4 nitrogen and oxygen atoms in total. The van der Waals surface area contributed by atoms with Crippen LogP contribution in [-0.4, -0.2) is 31.3 Å². The van der Waals surface area contributed by atoms with Crippen molar-refractivity contribution >= 4 is 27.6 Å². The van der Waals surface area contributed by atoms with E-state index in [1.54, 1.807) is 7.11 Å². The van der Waals surface area contributed by atoms with Crippen LogP contribution in [0.3, 0.4) is 0 Å². The highest BCUT2D eigenvalue weighted by molar-refractivity contribution is 9.10. The Morgan fingerprint density at radius 2 is 2.26 bits per heavy atom. The quantitative estimate of drug-likeness (QED) is 0.844. The summed E-state index contributed by atoms with van der Waals surface area (Å²) in [5.41, 5.74) is 0.245. The fourth-order valence-electron chi connectivity index (χ4n) is 2.32. The van der Waals surface area contributed by atoms with Gasteiger partial charge in [0.1, 0.15) is 5.54 Å². The van der Waals surface area contributed by atoms with Gasteiger partial charge >= 0.3 is 5.97 Å². The maximum Gasteiger partial charge on any atom is 0.331 e. The van der Waals surface area contributed by atoms with Crippen molar-refractivity contribution in [3.63, 3.8) is 0 Å². The number of rotatable bonds is 5. The predicted molar refractivity (Wildman–Crippen MR) is 77.2 cm³/mol. The molecule has 19 heavy (non-hydrogen) atoms. The Kier molecular flexibility index (Phi) is 4.47. The Labute approximate surface area is 121 Å². The second kappa shape index (κ2) is 5.92. The lowest BCUT2D eigenvalue weighted by atomic mass is 9.74. The molecule has 0 amide bonds. The van der Waals surface area contributed by atoms with E-state index in [0.717, 1.165) is 10.2 Å². The summed E-state index contributed by atoms with van der Waals surface area (Å²) in [6.45, 7) is 2.20. The molecule has 0 atom stereocenters. The third-order valence-electron chi connectivity index (χ3n) is 3.36. The molecular weight excluding hydrogens is 310 g/mol. The molecule has 104 valence electrons. The standard InChI is InChI=1S/C14H18BrNO3/c1-3-19-13(17)14(8-12(9-14)18-2)16-11-6-4-5-10(15)7-11/h4-7,12,16H,3,8-9H2,1-2H3. The number of hydrogen-bond acceptors (Lipinski definition) is 4. The molecule has 0 radical (unpaired) electrons. The zero-order chi connectivity index (χ0) is 13.9. The molecule has 0 unspecified atom stereocenters. The Hall–Kier alpha value is -1.07. The minimum absolute atomic E-state index is 0.115. The molecule has 1 aliphatic carbocycles. The summed E-state index contributed by atoms with van der Waals surface area (Å²) in [5.74, 6) is -0.205. The third kappa shape index (κ3) is 3.09. The summed E-state index contributed by atoms with van der Waals surface area (Å²) >= 11 is 3.42. The van der Waals surface area contributed by atoms with Crippen molar-refractivity contribution in [3.8, 4) is 0 Å². The van der Waals surface area contributed by atoms with Crippen LogP contribution in [0.1, 0.15) is 19.8 Å². The molecule has 0 aromatic heterocycles. The predicted octanol–water partition coefficient (Wildman–Crippen LogP) is 2.97. The van der Waals surface area contributed by atoms with E-state index in [4.69, 9.17) is 9.47 Å². The smallest absolute Gasteiger partial charge is 0.331 e. The Balaban J connectivity index is 2.13. The molecule has 0 bridgehead atoms. The van der Waals surface area contributed by atoms with Crippen LogP contribution in [0.25, 0.3) is 0 Å². The first kappa shape index (κ1) is 14.3. The van der Waals surface area contributed by atoms with Crippen LogP contribution >= 0.6 is 15.9 Å². The van der Waals surface area contributed by atoms with Gasteiger partial charge in [-0.3, -0.25) is 0 Å². The van der Waals surface area contributed by atoms with Crippen molar-refractivity contribution in [3.05, 3.63) is 28.7 Å². The topological polar surface area (TPSA) is 47.6 Å². The number of hydrogen-bond donors (Lipinski definition) is 1. The summed E-state index contributed by atoms with van der Waals surface area (Å²) in [4.78, 5) is 12.1. The number of methoxy groups -OCH3 is 1. The number of nitrogens with one attached hydrogen (secondary N) is 1. The molecule has 2 rings (SSSR count). The molecular formula is C14H18BrNO3. The molecule has 0 heterocycles. The molecule has 1 N–H and O–H groups in total. The van der Waals surface area contributed by atoms with Gasteiger partial charge in [0.05, 0.1) is 12.7 Å². The van der Waals surface area contributed by atoms with Crippen LogP contribution in [0.5, 0.6) is 0 Å². The van der Waals surface area contributed by atoms with E-state index >= 15 is 0 Å². The van der Waals surface area contributed by atoms with Crippen LogP contribution in [0.15, 0.2) is 28.7 Å². The Bertz CT molecular complexity index is 458. The third-order valence-corrected chi connectivity index (χ3v) is 3.85. The van der Waals surface area contributed by atoms with Crippen LogP contribution in [0.4, 0.5) is 5.69 Å². The summed E-state index contributed by atoms with van der Waals surface area (Å²) in [5, 5.41) is 3.30. The van der Waals surface area contributed by atoms with Gasteiger partial charge in [0.15, 0.2) is 0 Å². The first-order chi connectivity index (χ1) is 9.09. The first-order valence-corrected chi connectivity index (χ1v) is 7.12. The largest absolute Gasteiger partial charge is 0.464 e. The maximum atomic E-state index is 12.1. The van der Waals surface area contributed by atoms with E-state index in [1.807, 2.05) is 31.2 Å². The van der Waals surface area contributed by atoms with Gasteiger partial charge in [0.2, 0.25) is 0 Å². The van der Waals surface area contributed by atoms with Crippen molar-refractivity contribution in [1.82, 2.24) is 0 Å². The van der Waals surface area contributed by atoms with Gasteiger partial charge in [-0.1, -0.05) is 22.0 Å². The van der Waals surface area contributed by atoms with Crippen molar-refractivity contribution in [2.75, 3.05) is 19.0 Å². The zero-order valence-corrected chi connectivity index (χ0v) is 12.7. The number of benzene rings is 1. The lowest BCUT2D eigenvalue weighted by Crippen LogP contribution is -2.59. The monoisotopic (exact) mass is 327 g/mol. The van der Waals surface area contributed by atoms with Crippen LogP contribution in [0, 0.1) is 0 Å². The van der Waals surface area contributed by atoms with E-state index in [-0.39, 0.29) is 12.1 Å². The normalized spacial score (nSPS) is 25.5. The fourth-order valence-corrected chi connectivity index (χ4v) is 2.71. The number of ether oxygens (including phenoxy) is 2. The molecule has 1 aliphatic rings. The van der Waals surface area contributed by atoms with Gasteiger partial charge < -0.3 is 14.8 Å². The van der Waals surface area contributed by atoms with Gasteiger partial charge in [-0.05, 0) is 25.1 Å². The molecule has 5 heteroatoms. The van der Waals surface area contributed by atoms with Crippen LogP contribution in [-0.2, 0) is 14.3 Å². The van der Waals surface area contributed by atoms with E-state index in [2.05, 4.69) is 21.2 Å². The van der Waals surface area contributed by atoms with Gasteiger partial charge in [-0.15, -0.1) is 0 Å². The van der Waals surface area contributed by atoms with Crippen molar-refractivity contribution in [1.29, 1.82) is 0 Å². The number of carbonyl (C=O) groups excluding carboxylic acids is 1. The lowest BCUT2D eigenvalue weighted by molar-refractivity contribution is -0.157. The number of halogens is 1. The second-order valence-corrected chi connectivity index (χ2v) is 5.62. The summed E-state index contributed by atoms with van der Waals surface area (Å²) in [6, 6.07) is 7.76. The number of anilines is 1. The van der Waals surface area contributed by atoms with Crippen LogP contribution < -0.4 is 5.32 Å². The molecule has 1 aromatic carbocycles. The highest BCUT2D eigenvalue weighted by Gasteiger charge is 2.52. The molecule has 1 aromatic rings. The van der Waals surface area contributed by atoms with Gasteiger partial charge in [0, 0.05) is 30.1 Å². The summed E-state index contributed by atoms with van der Waals surface area (Å²) in [7, 11) is 1.67. The average molecular weight is 328 g/mol. The number of carbonyl (C=O) groups is 1. The van der Waals surface area contributed by atoms with E-state index in [0.29, 0.717) is 19.4 Å². The molecule has 0 aliphatic heterocycles. The van der Waals surface area contributed by atoms with E-state index in [9.17, 15) is 4.79 Å². The van der Waals surface area contributed by atoms with E-state index < -0.39 is 5.54 Å². The van der Waals surface area contributed by atoms with Crippen molar-refractivity contribution < 1.29 is 14.3 Å². The molecule has 0 saturated heterocycles. The average Bonchev–Trinajstić information content (AvgIpc) is 2.33. The Morgan fingerprint density at radius 1 is 1.53 bits per heavy atom. The SMILES string of the molecule is CCOC(=O)C1(Nc2cccc(Br)c2)CC(OC)C1. The lowest BCUT2D eigenvalue weighted by Gasteiger charge is -2.45. The van der Waals surface area contributed by atoms with E-state index in [1.165, 1.54) is 0 Å². The minimum Gasteiger partial charge on any atom is -0.464 e. The number of esters is 1. The summed E-state index contributed by atoms with van der Waals surface area (Å²) in [6.07, 6.45) is 1.38. The Morgan fingerprint density at radius 3 is 2.84 bits per heavy atom. The molecule has 1 fully saturated rings. The molecule has 0 spiro atoms. The zero-order valence-electron chi connectivity index (χ0n) is 11.1. The van der Waals surface area contributed by atoms with Gasteiger partial charge in [-0.25, -0.2) is 4.79 Å². The highest BCUT2D eigenvalue weighted by atomic mass is 79.9. The second-order valence-electron chi connectivity index (χ2n) is 4.70. The van der Waals surface area contributed by atoms with Gasteiger partial charge in [-0.2, -0.15) is 0 Å². The minimum atomic E-state index is -0.655. The first-order valence-electron chi connectivity index (χ1n) is 6.33. The van der Waals surface area contributed by atoms with Crippen molar-refractivity contribution in [2.45, 2.75) is 31.4 Å². The summed E-state index contributed by atoms with van der Waals surface area (Å²) < 4.78 is 11.4. The van der Waals surface area contributed by atoms with Crippen LogP contribution in [0.2, 0.25) is 0 Å². The van der Waals surface area contributed by atoms with Crippen molar-refractivity contribution in [2.24, 2.45) is 0 Å². The van der Waals surface area contributed by atoms with Gasteiger partial charge in [0.25, 0.3) is 0 Å². The maximum absolute atomic E-state index is 12.1. The fraction of sp³-hybridized carbons (Fsp3) is 0.500. The highest BCUT2D eigenvalue weighted by Crippen LogP contribution is 2.38. The molecule has 1 saturated carbocycles.